The van der Waals surface area contributed by atoms with Gasteiger partial charge >= 0.3 is 6.03 Å². The van der Waals surface area contributed by atoms with Gasteiger partial charge in [0.15, 0.2) is 0 Å². The molecule has 0 heterocycles. The molecule has 0 atom stereocenters. The second-order valence-electron chi connectivity index (χ2n) is 4.03. The summed E-state index contributed by atoms with van der Waals surface area (Å²) in [5, 5.41) is 15.8. The van der Waals surface area contributed by atoms with Gasteiger partial charge in [-0.05, 0) is 32.4 Å². The van der Waals surface area contributed by atoms with Crippen molar-refractivity contribution in [3.63, 3.8) is 0 Å². The number of carbonyl (C=O) groups excluding carboxylic acids is 1. The normalized spacial score (nSPS) is 10.1. The molecule has 1 rings (SSSR count). The van der Waals surface area contributed by atoms with Crippen molar-refractivity contribution in [3.05, 3.63) is 33.9 Å². The maximum Gasteiger partial charge on any atom is 0.319 e. The van der Waals surface area contributed by atoms with Crippen LogP contribution in [0, 0.1) is 17.0 Å². The van der Waals surface area contributed by atoms with Crippen molar-refractivity contribution in [1.29, 1.82) is 0 Å². The van der Waals surface area contributed by atoms with Crippen molar-refractivity contribution in [2.45, 2.75) is 26.8 Å². The second-order valence-corrected chi connectivity index (χ2v) is 4.03. The fourth-order valence-electron chi connectivity index (χ4n) is 1.33. The molecule has 17 heavy (non-hydrogen) atoms. The summed E-state index contributed by atoms with van der Waals surface area (Å²) in [6.45, 7) is 5.42. The van der Waals surface area contributed by atoms with Gasteiger partial charge in [-0.1, -0.05) is 6.07 Å². The van der Waals surface area contributed by atoms with E-state index in [2.05, 4.69) is 10.6 Å². The number of nitro benzene ring substituents is 1. The minimum absolute atomic E-state index is 0.0288. The number of rotatable bonds is 3. The van der Waals surface area contributed by atoms with Crippen molar-refractivity contribution in [1.82, 2.24) is 5.32 Å². The van der Waals surface area contributed by atoms with Crippen LogP contribution < -0.4 is 10.6 Å². The van der Waals surface area contributed by atoms with Crippen molar-refractivity contribution < 1.29 is 9.72 Å². The predicted octanol–water partition coefficient (Wildman–Crippen LogP) is 2.43. The van der Waals surface area contributed by atoms with E-state index in [1.807, 2.05) is 13.8 Å². The van der Waals surface area contributed by atoms with E-state index in [1.54, 1.807) is 19.1 Å². The Balaban J connectivity index is 2.92. The van der Waals surface area contributed by atoms with E-state index in [4.69, 9.17) is 0 Å². The Kier molecular flexibility index (Phi) is 4.03. The average molecular weight is 237 g/mol. The molecule has 0 saturated heterocycles. The molecule has 0 bridgehead atoms. The van der Waals surface area contributed by atoms with Crippen molar-refractivity contribution >= 4 is 17.4 Å². The molecule has 0 saturated carbocycles. The number of nitrogens with zero attached hydrogens (tertiary/aromatic N) is 1. The Bertz CT molecular complexity index is 444. The van der Waals surface area contributed by atoms with E-state index in [9.17, 15) is 14.9 Å². The molecule has 6 nitrogen and oxygen atoms in total. The largest absolute Gasteiger partial charge is 0.336 e. The maximum absolute atomic E-state index is 11.5. The lowest BCUT2D eigenvalue weighted by atomic mass is 10.2. The number of carbonyl (C=O) groups is 1. The first-order valence-corrected chi connectivity index (χ1v) is 5.22. The second kappa shape index (κ2) is 5.29. The van der Waals surface area contributed by atoms with Crippen LogP contribution in [0.4, 0.5) is 16.2 Å². The van der Waals surface area contributed by atoms with Gasteiger partial charge in [0, 0.05) is 12.1 Å². The summed E-state index contributed by atoms with van der Waals surface area (Å²) in [4.78, 5) is 21.7. The summed E-state index contributed by atoms with van der Waals surface area (Å²) < 4.78 is 0. The number of nitrogens with one attached hydrogen (secondary N) is 2. The Morgan fingerprint density at radius 3 is 2.59 bits per heavy atom. The van der Waals surface area contributed by atoms with E-state index in [-0.39, 0.29) is 17.4 Å². The van der Waals surface area contributed by atoms with Gasteiger partial charge in [-0.25, -0.2) is 4.79 Å². The summed E-state index contributed by atoms with van der Waals surface area (Å²) >= 11 is 0. The standard InChI is InChI=1S/C11H15N3O3/c1-7(2)12-11(15)13-9-6-8(3)4-5-10(9)14(16)17/h4-7H,1-3H3,(H2,12,13,15). The van der Waals surface area contributed by atoms with Gasteiger partial charge in [-0.3, -0.25) is 10.1 Å². The predicted molar refractivity (Wildman–Crippen MR) is 65.1 cm³/mol. The lowest BCUT2D eigenvalue weighted by Crippen LogP contribution is -2.34. The Hall–Kier alpha value is -2.11. The van der Waals surface area contributed by atoms with Gasteiger partial charge in [0.1, 0.15) is 5.69 Å². The monoisotopic (exact) mass is 237 g/mol. The average Bonchev–Trinajstić information content (AvgIpc) is 2.15. The smallest absolute Gasteiger partial charge is 0.319 e. The fraction of sp³-hybridized carbons (Fsp3) is 0.364. The zero-order valence-corrected chi connectivity index (χ0v) is 9.98. The first kappa shape index (κ1) is 13.0. The number of anilines is 1. The van der Waals surface area contributed by atoms with Crippen LogP contribution in [-0.2, 0) is 0 Å². The lowest BCUT2D eigenvalue weighted by Gasteiger charge is -2.10. The fourth-order valence-corrected chi connectivity index (χ4v) is 1.33. The Labute approximate surface area is 99.2 Å². The highest BCUT2D eigenvalue weighted by molar-refractivity contribution is 5.92. The highest BCUT2D eigenvalue weighted by Crippen LogP contribution is 2.24. The van der Waals surface area contributed by atoms with E-state index in [0.717, 1.165) is 5.56 Å². The van der Waals surface area contributed by atoms with Crippen molar-refractivity contribution in [2.75, 3.05) is 5.32 Å². The lowest BCUT2D eigenvalue weighted by molar-refractivity contribution is -0.383. The summed E-state index contributed by atoms with van der Waals surface area (Å²) in [6, 6.07) is 4.09. The zero-order chi connectivity index (χ0) is 13.0. The first-order valence-electron chi connectivity index (χ1n) is 5.22. The van der Waals surface area contributed by atoms with Crippen LogP contribution in [0.25, 0.3) is 0 Å². The van der Waals surface area contributed by atoms with E-state index in [0.29, 0.717) is 0 Å². The third-order valence-electron chi connectivity index (χ3n) is 2.02. The SMILES string of the molecule is Cc1ccc([N+](=O)[O-])c(NC(=O)NC(C)C)c1. The molecule has 0 aliphatic carbocycles. The van der Waals surface area contributed by atoms with Crippen LogP contribution in [-0.4, -0.2) is 17.0 Å². The summed E-state index contributed by atoms with van der Waals surface area (Å²) in [6.07, 6.45) is 0. The van der Waals surface area contributed by atoms with E-state index in [1.165, 1.54) is 6.07 Å². The summed E-state index contributed by atoms with van der Waals surface area (Å²) in [5.41, 5.74) is 0.929. The number of amides is 2. The van der Waals surface area contributed by atoms with Gasteiger partial charge in [0.2, 0.25) is 0 Å². The molecule has 92 valence electrons. The molecule has 2 N–H and O–H groups in total. The van der Waals surface area contributed by atoms with Crippen LogP contribution in [0.5, 0.6) is 0 Å². The van der Waals surface area contributed by atoms with Gasteiger partial charge in [-0.2, -0.15) is 0 Å². The summed E-state index contributed by atoms with van der Waals surface area (Å²) in [7, 11) is 0. The number of benzene rings is 1. The molecule has 2 amide bonds. The number of urea groups is 1. The third kappa shape index (κ3) is 3.75. The number of hydrogen-bond acceptors (Lipinski definition) is 3. The molecule has 0 fully saturated rings. The molecule has 0 aliphatic rings. The molecular weight excluding hydrogens is 222 g/mol. The minimum atomic E-state index is -0.523. The van der Waals surface area contributed by atoms with Gasteiger partial charge in [0.25, 0.3) is 5.69 Å². The molecular formula is C11H15N3O3. The van der Waals surface area contributed by atoms with Crippen molar-refractivity contribution in [2.24, 2.45) is 0 Å². The van der Waals surface area contributed by atoms with Gasteiger partial charge < -0.3 is 10.6 Å². The summed E-state index contributed by atoms with van der Waals surface area (Å²) in [5.74, 6) is 0. The van der Waals surface area contributed by atoms with Crippen molar-refractivity contribution in [3.8, 4) is 0 Å². The molecule has 1 aromatic rings. The molecule has 0 aliphatic heterocycles. The molecule has 0 aromatic heterocycles. The molecule has 0 unspecified atom stereocenters. The number of hydrogen-bond donors (Lipinski definition) is 2. The number of nitro groups is 1. The van der Waals surface area contributed by atoms with E-state index >= 15 is 0 Å². The molecule has 0 spiro atoms. The zero-order valence-electron chi connectivity index (χ0n) is 9.98. The van der Waals surface area contributed by atoms with Crippen LogP contribution >= 0.6 is 0 Å². The Morgan fingerprint density at radius 2 is 2.06 bits per heavy atom. The topological polar surface area (TPSA) is 84.3 Å². The highest BCUT2D eigenvalue weighted by Gasteiger charge is 2.15. The van der Waals surface area contributed by atoms with Gasteiger partial charge in [-0.15, -0.1) is 0 Å². The van der Waals surface area contributed by atoms with Crippen LogP contribution in [0.15, 0.2) is 18.2 Å². The van der Waals surface area contributed by atoms with Crippen LogP contribution in [0.1, 0.15) is 19.4 Å². The van der Waals surface area contributed by atoms with Gasteiger partial charge in [0.05, 0.1) is 4.92 Å². The van der Waals surface area contributed by atoms with Crippen LogP contribution in [0.3, 0.4) is 0 Å². The van der Waals surface area contributed by atoms with E-state index < -0.39 is 11.0 Å². The molecule has 1 aromatic carbocycles. The molecule has 0 radical (unpaired) electrons. The first-order chi connectivity index (χ1) is 7.90. The highest BCUT2D eigenvalue weighted by atomic mass is 16.6. The quantitative estimate of drug-likeness (QED) is 0.625. The Morgan fingerprint density at radius 1 is 1.41 bits per heavy atom. The molecule has 6 heteroatoms. The minimum Gasteiger partial charge on any atom is -0.336 e. The van der Waals surface area contributed by atoms with Crippen LogP contribution in [0.2, 0.25) is 0 Å². The third-order valence-corrected chi connectivity index (χ3v) is 2.02. The number of aryl methyl sites for hydroxylation is 1. The maximum atomic E-state index is 11.5.